The molecule has 0 amide bonds. The van der Waals surface area contributed by atoms with Crippen molar-refractivity contribution in [3.05, 3.63) is 23.8 Å². The first kappa shape index (κ1) is 7.35. The van der Waals surface area contributed by atoms with Gasteiger partial charge in [0, 0.05) is 17.2 Å². The second-order valence-electron chi connectivity index (χ2n) is 3.65. The van der Waals surface area contributed by atoms with E-state index in [1.165, 1.54) is 0 Å². The van der Waals surface area contributed by atoms with E-state index in [4.69, 9.17) is 0 Å². The number of fused-ring (bicyclic) bond motifs is 1. The molecule has 1 heterocycles. The van der Waals surface area contributed by atoms with Crippen LogP contribution in [0, 0.1) is 0 Å². The summed E-state index contributed by atoms with van der Waals surface area (Å²) in [5, 5.41) is 9.59. The van der Waals surface area contributed by atoms with Crippen molar-refractivity contribution in [1.82, 2.24) is 0 Å². The average molecular weight is 161 g/mol. The van der Waals surface area contributed by atoms with Crippen LogP contribution < -0.4 is 0 Å². The van der Waals surface area contributed by atoms with E-state index in [1.54, 1.807) is 6.07 Å². The SMILES string of the molecule is CC1(C)C=Nc2cccc(O)c21. The van der Waals surface area contributed by atoms with Crippen molar-refractivity contribution in [2.24, 2.45) is 4.99 Å². The summed E-state index contributed by atoms with van der Waals surface area (Å²) < 4.78 is 0. The minimum Gasteiger partial charge on any atom is -0.508 e. The predicted octanol–water partition coefficient (Wildman–Crippen LogP) is 2.39. The van der Waals surface area contributed by atoms with E-state index in [1.807, 2.05) is 32.2 Å². The second-order valence-corrected chi connectivity index (χ2v) is 3.65. The molecule has 0 radical (unpaired) electrons. The van der Waals surface area contributed by atoms with Crippen LogP contribution >= 0.6 is 0 Å². The zero-order chi connectivity index (χ0) is 8.77. The monoisotopic (exact) mass is 161 g/mol. The van der Waals surface area contributed by atoms with Crippen LogP contribution in [0.5, 0.6) is 5.75 Å². The number of phenols is 1. The Labute approximate surface area is 71.6 Å². The van der Waals surface area contributed by atoms with Gasteiger partial charge in [0.15, 0.2) is 0 Å². The molecule has 0 saturated carbocycles. The van der Waals surface area contributed by atoms with E-state index >= 15 is 0 Å². The first-order valence-corrected chi connectivity index (χ1v) is 3.99. The van der Waals surface area contributed by atoms with Crippen LogP contribution in [0.3, 0.4) is 0 Å². The highest BCUT2D eigenvalue weighted by molar-refractivity contribution is 5.86. The number of hydrogen-bond donors (Lipinski definition) is 1. The summed E-state index contributed by atoms with van der Waals surface area (Å²) in [7, 11) is 0. The largest absolute Gasteiger partial charge is 0.508 e. The third-order valence-corrected chi connectivity index (χ3v) is 2.19. The summed E-state index contributed by atoms with van der Waals surface area (Å²) in [5.41, 5.74) is 1.70. The van der Waals surface area contributed by atoms with Crippen LogP contribution in [-0.4, -0.2) is 11.3 Å². The molecule has 0 aromatic heterocycles. The van der Waals surface area contributed by atoms with E-state index in [2.05, 4.69) is 4.99 Å². The third-order valence-electron chi connectivity index (χ3n) is 2.19. The molecule has 12 heavy (non-hydrogen) atoms. The molecule has 0 unspecified atom stereocenters. The minimum absolute atomic E-state index is 0.124. The minimum atomic E-state index is -0.124. The van der Waals surface area contributed by atoms with Crippen LogP contribution in [-0.2, 0) is 5.41 Å². The molecule has 0 saturated heterocycles. The van der Waals surface area contributed by atoms with Crippen molar-refractivity contribution in [2.75, 3.05) is 0 Å². The Hall–Kier alpha value is -1.31. The van der Waals surface area contributed by atoms with Gasteiger partial charge in [0.1, 0.15) is 5.75 Å². The Bertz CT molecular complexity index is 353. The highest BCUT2D eigenvalue weighted by atomic mass is 16.3. The van der Waals surface area contributed by atoms with Crippen LogP contribution in [0.25, 0.3) is 0 Å². The van der Waals surface area contributed by atoms with Crippen molar-refractivity contribution < 1.29 is 5.11 Å². The van der Waals surface area contributed by atoms with E-state index in [0.29, 0.717) is 5.75 Å². The standard InChI is InChI=1S/C10H11NO/c1-10(2)6-11-7-4-3-5-8(12)9(7)10/h3-6,12H,1-2H3. The van der Waals surface area contributed by atoms with Crippen molar-refractivity contribution in [3.8, 4) is 5.75 Å². The van der Waals surface area contributed by atoms with E-state index < -0.39 is 0 Å². The summed E-state index contributed by atoms with van der Waals surface area (Å²) in [6.45, 7) is 4.09. The highest BCUT2D eigenvalue weighted by Gasteiger charge is 2.29. The van der Waals surface area contributed by atoms with Gasteiger partial charge in [-0.25, -0.2) is 0 Å². The Balaban J connectivity index is 2.70. The normalized spacial score (nSPS) is 17.8. The molecule has 1 N–H and O–H groups in total. The van der Waals surface area contributed by atoms with Crippen LogP contribution in [0.4, 0.5) is 5.69 Å². The van der Waals surface area contributed by atoms with E-state index in [-0.39, 0.29) is 5.41 Å². The second kappa shape index (κ2) is 2.09. The van der Waals surface area contributed by atoms with Gasteiger partial charge in [0.05, 0.1) is 5.69 Å². The molecule has 0 fully saturated rings. The van der Waals surface area contributed by atoms with Crippen LogP contribution in [0.1, 0.15) is 19.4 Å². The van der Waals surface area contributed by atoms with Gasteiger partial charge >= 0.3 is 0 Å². The first-order chi connectivity index (χ1) is 5.61. The lowest BCUT2D eigenvalue weighted by Gasteiger charge is -2.16. The maximum Gasteiger partial charge on any atom is 0.121 e. The molecule has 0 spiro atoms. The number of nitrogens with zero attached hydrogens (tertiary/aromatic N) is 1. The lowest BCUT2D eigenvalue weighted by atomic mass is 9.86. The predicted molar refractivity (Wildman–Crippen MR) is 49.3 cm³/mol. The van der Waals surface area contributed by atoms with Crippen molar-refractivity contribution in [2.45, 2.75) is 19.3 Å². The third kappa shape index (κ3) is 0.843. The summed E-state index contributed by atoms with van der Waals surface area (Å²) in [6.07, 6.45) is 1.87. The van der Waals surface area contributed by atoms with Gasteiger partial charge < -0.3 is 5.11 Å². The molecule has 2 rings (SSSR count). The quantitative estimate of drug-likeness (QED) is 0.622. The van der Waals surface area contributed by atoms with Gasteiger partial charge in [0.2, 0.25) is 0 Å². The fourth-order valence-corrected chi connectivity index (χ4v) is 1.59. The van der Waals surface area contributed by atoms with Crippen LogP contribution in [0.15, 0.2) is 23.2 Å². The molecule has 1 aromatic carbocycles. The van der Waals surface area contributed by atoms with Gasteiger partial charge in [-0.05, 0) is 12.1 Å². The number of hydrogen-bond acceptors (Lipinski definition) is 2. The molecule has 0 aliphatic carbocycles. The van der Waals surface area contributed by atoms with E-state index in [0.717, 1.165) is 11.3 Å². The van der Waals surface area contributed by atoms with E-state index in [9.17, 15) is 5.11 Å². The van der Waals surface area contributed by atoms with Crippen molar-refractivity contribution in [3.63, 3.8) is 0 Å². The van der Waals surface area contributed by atoms with Gasteiger partial charge in [-0.3, -0.25) is 4.99 Å². The zero-order valence-electron chi connectivity index (χ0n) is 7.20. The zero-order valence-corrected chi connectivity index (χ0v) is 7.20. The number of phenolic OH excluding ortho intramolecular Hbond substituents is 1. The topological polar surface area (TPSA) is 32.6 Å². The molecule has 2 heteroatoms. The first-order valence-electron chi connectivity index (χ1n) is 3.99. The number of rotatable bonds is 0. The molecular weight excluding hydrogens is 150 g/mol. The molecular formula is C10H11NO. The lowest BCUT2D eigenvalue weighted by Crippen LogP contribution is -2.14. The molecule has 0 bridgehead atoms. The summed E-state index contributed by atoms with van der Waals surface area (Å²) in [4.78, 5) is 4.23. The summed E-state index contributed by atoms with van der Waals surface area (Å²) in [6, 6.07) is 5.43. The maximum atomic E-state index is 9.59. The molecule has 1 aliphatic rings. The fourth-order valence-electron chi connectivity index (χ4n) is 1.59. The van der Waals surface area contributed by atoms with Gasteiger partial charge in [-0.15, -0.1) is 0 Å². The van der Waals surface area contributed by atoms with Gasteiger partial charge in [-0.1, -0.05) is 19.9 Å². The van der Waals surface area contributed by atoms with Crippen molar-refractivity contribution >= 4 is 11.9 Å². The Morgan fingerprint density at radius 2 is 2.08 bits per heavy atom. The number of aliphatic imine (C=N–C) groups is 1. The van der Waals surface area contributed by atoms with Gasteiger partial charge in [-0.2, -0.15) is 0 Å². The highest BCUT2D eigenvalue weighted by Crippen LogP contribution is 2.41. The van der Waals surface area contributed by atoms with Crippen LogP contribution in [0.2, 0.25) is 0 Å². The molecule has 2 nitrogen and oxygen atoms in total. The summed E-state index contributed by atoms with van der Waals surface area (Å²) in [5.74, 6) is 0.343. The smallest absolute Gasteiger partial charge is 0.121 e. The number of aromatic hydroxyl groups is 1. The molecule has 62 valence electrons. The van der Waals surface area contributed by atoms with Crippen molar-refractivity contribution in [1.29, 1.82) is 0 Å². The lowest BCUT2D eigenvalue weighted by molar-refractivity contribution is 0.461. The average Bonchev–Trinajstić information content (AvgIpc) is 2.29. The maximum absolute atomic E-state index is 9.59. The summed E-state index contributed by atoms with van der Waals surface area (Å²) >= 11 is 0. The molecule has 1 aliphatic heterocycles. The molecule has 1 aromatic rings. The Kier molecular flexibility index (Phi) is 1.28. The Morgan fingerprint density at radius 3 is 2.75 bits per heavy atom. The fraction of sp³-hybridized carbons (Fsp3) is 0.300. The molecule has 0 atom stereocenters. The number of benzene rings is 1. The Morgan fingerprint density at radius 1 is 1.33 bits per heavy atom. The van der Waals surface area contributed by atoms with Gasteiger partial charge in [0.25, 0.3) is 0 Å².